The van der Waals surface area contributed by atoms with Gasteiger partial charge in [-0.15, -0.1) is 0 Å². The zero-order valence-corrected chi connectivity index (χ0v) is 10.7. The van der Waals surface area contributed by atoms with E-state index < -0.39 is 0 Å². The highest BCUT2D eigenvalue weighted by molar-refractivity contribution is 5.63. The van der Waals surface area contributed by atoms with E-state index in [4.69, 9.17) is 4.74 Å². The highest BCUT2D eigenvalue weighted by Gasteiger charge is 2.03. The highest BCUT2D eigenvalue weighted by atomic mass is 16.5. The molecule has 4 nitrogen and oxygen atoms in total. The maximum absolute atomic E-state index is 5.68. The number of aromatic nitrogens is 2. The van der Waals surface area contributed by atoms with E-state index in [2.05, 4.69) is 22.2 Å². The summed E-state index contributed by atoms with van der Waals surface area (Å²) in [6.45, 7) is 4.73. The quantitative estimate of drug-likeness (QED) is 0.875. The van der Waals surface area contributed by atoms with Crippen LogP contribution in [0.4, 0.5) is 11.5 Å². The Morgan fingerprint density at radius 2 is 2.06 bits per heavy atom. The molecule has 1 aromatic carbocycles. The van der Waals surface area contributed by atoms with Gasteiger partial charge in [0.1, 0.15) is 17.9 Å². The first-order valence-corrected chi connectivity index (χ1v) is 6.07. The molecule has 0 radical (unpaired) electrons. The summed E-state index contributed by atoms with van der Waals surface area (Å²) >= 11 is 0. The zero-order valence-electron chi connectivity index (χ0n) is 10.7. The molecule has 0 atom stereocenters. The van der Waals surface area contributed by atoms with E-state index in [1.165, 1.54) is 0 Å². The van der Waals surface area contributed by atoms with Crippen molar-refractivity contribution in [2.75, 3.05) is 11.9 Å². The maximum Gasteiger partial charge on any atom is 0.142 e. The van der Waals surface area contributed by atoms with Crippen LogP contribution in [0.2, 0.25) is 0 Å². The Labute approximate surface area is 107 Å². The Balaban J connectivity index is 2.17. The lowest BCUT2D eigenvalue weighted by molar-refractivity contribution is 0.319. The van der Waals surface area contributed by atoms with Crippen LogP contribution in [0.15, 0.2) is 36.7 Å². The fraction of sp³-hybridized carbons (Fsp3) is 0.286. The van der Waals surface area contributed by atoms with Crippen molar-refractivity contribution in [3.63, 3.8) is 0 Å². The van der Waals surface area contributed by atoms with Gasteiger partial charge in [0.2, 0.25) is 0 Å². The minimum absolute atomic E-state index is 0.710. The molecule has 0 aliphatic heterocycles. The molecule has 0 aliphatic rings. The molecule has 0 unspecified atom stereocenters. The number of aryl methyl sites for hydroxylation is 1. The van der Waals surface area contributed by atoms with E-state index in [1.54, 1.807) is 6.33 Å². The second-order valence-corrected chi connectivity index (χ2v) is 4.01. The molecule has 2 aromatic rings. The van der Waals surface area contributed by atoms with Gasteiger partial charge in [0, 0.05) is 11.8 Å². The second-order valence-electron chi connectivity index (χ2n) is 4.01. The van der Waals surface area contributed by atoms with E-state index >= 15 is 0 Å². The number of para-hydroxylation sites is 2. The van der Waals surface area contributed by atoms with Crippen molar-refractivity contribution in [2.45, 2.75) is 20.3 Å². The fourth-order valence-corrected chi connectivity index (χ4v) is 1.57. The molecule has 0 saturated heterocycles. The molecule has 4 heteroatoms. The third kappa shape index (κ3) is 3.20. The Kier molecular flexibility index (Phi) is 4.12. The van der Waals surface area contributed by atoms with Gasteiger partial charge in [0.25, 0.3) is 0 Å². The Morgan fingerprint density at radius 1 is 1.22 bits per heavy atom. The second kappa shape index (κ2) is 6.00. The van der Waals surface area contributed by atoms with Gasteiger partial charge in [-0.1, -0.05) is 19.1 Å². The standard InChI is InChI=1S/C14H17N3O/c1-3-8-18-13-7-5-4-6-12(13)17-14-9-11(2)15-10-16-14/h4-7,9-10H,3,8H2,1-2H3,(H,15,16,17). The van der Waals surface area contributed by atoms with Crippen molar-refractivity contribution in [1.82, 2.24) is 9.97 Å². The van der Waals surface area contributed by atoms with Crippen LogP contribution in [0.5, 0.6) is 5.75 Å². The van der Waals surface area contributed by atoms with Crippen LogP contribution in [0.25, 0.3) is 0 Å². The first-order valence-electron chi connectivity index (χ1n) is 6.07. The van der Waals surface area contributed by atoms with Gasteiger partial charge in [-0.3, -0.25) is 0 Å². The SMILES string of the molecule is CCCOc1ccccc1Nc1cc(C)ncn1. The summed E-state index contributed by atoms with van der Waals surface area (Å²) in [4.78, 5) is 8.25. The van der Waals surface area contributed by atoms with Crippen molar-refractivity contribution in [3.8, 4) is 5.75 Å². The van der Waals surface area contributed by atoms with E-state index in [9.17, 15) is 0 Å². The number of hydrogen-bond acceptors (Lipinski definition) is 4. The summed E-state index contributed by atoms with van der Waals surface area (Å²) in [6.07, 6.45) is 2.54. The third-order valence-corrected chi connectivity index (χ3v) is 2.42. The predicted octanol–water partition coefficient (Wildman–Crippen LogP) is 3.32. The van der Waals surface area contributed by atoms with E-state index in [-0.39, 0.29) is 0 Å². The number of nitrogens with one attached hydrogen (secondary N) is 1. The van der Waals surface area contributed by atoms with E-state index in [1.807, 2.05) is 37.3 Å². The molecule has 0 bridgehead atoms. The number of hydrogen-bond donors (Lipinski definition) is 1. The van der Waals surface area contributed by atoms with Crippen molar-refractivity contribution in [3.05, 3.63) is 42.4 Å². The number of ether oxygens (including phenoxy) is 1. The lowest BCUT2D eigenvalue weighted by Gasteiger charge is -2.12. The van der Waals surface area contributed by atoms with Crippen molar-refractivity contribution >= 4 is 11.5 Å². The Bertz CT molecular complexity index is 514. The average molecular weight is 243 g/mol. The van der Waals surface area contributed by atoms with Gasteiger partial charge < -0.3 is 10.1 Å². The van der Waals surface area contributed by atoms with Crippen LogP contribution in [-0.4, -0.2) is 16.6 Å². The van der Waals surface area contributed by atoms with Gasteiger partial charge in [-0.05, 0) is 25.5 Å². The van der Waals surface area contributed by atoms with Crippen LogP contribution in [0, 0.1) is 6.92 Å². The first-order chi connectivity index (χ1) is 8.79. The monoisotopic (exact) mass is 243 g/mol. The molecule has 0 amide bonds. The molecule has 1 heterocycles. The van der Waals surface area contributed by atoms with Gasteiger partial charge >= 0.3 is 0 Å². The number of anilines is 2. The summed E-state index contributed by atoms with van der Waals surface area (Å²) in [5, 5.41) is 3.25. The maximum atomic E-state index is 5.68. The third-order valence-electron chi connectivity index (χ3n) is 2.42. The molecule has 18 heavy (non-hydrogen) atoms. The highest BCUT2D eigenvalue weighted by Crippen LogP contribution is 2.26. The molecule has 0 fully saturated rings. The lowest BCUT2D eigenvalue weighted by atomic mass is 10.3. The smallest absolute Gasteiger partial charge is 0.142 e. The molecular weight excluding hydrogens is 226 g/mol. The lowest BCUT2D eigenvalue weighted by Crippen LogP contribution is -2.00. The van der Waals surface area contributed by atoms with Crippen molar-refractivity contribution in [2.24, 2.45) is 0 Å². The van der Waals surface area contributed by atoms with Crippen LogP contribution < -0.4 is 10.1 Å². The Hall–Kier alpha value is -2.10. The molecule has 2 rings (SSSR count). The number of nitrogens with zero attached hydrogens (tertiary/aromatic N) is 2. The van der Waals surface area contributed by atoms with Crippen LogP contribution in [0.1, 0.15) is 19.0 Å². The zero-order chi connectivity index (χ0) is 12.8. The van der Waals surface area contributed by atoms with Gasteiger partial charge in [0.15, 0.2) is 0 Å². The largest absolute Gasteiger partial charge is 0.491 e. The van der Waals surface area contributed by atoms with Crippen LogP contribution in [-0.2, 0) is 0 Å². The molecule has 1 aromatic heterocycles. The molecule has 0 spiro atoms. The minimum atomic E-state index is 0.710. The summed E-state index contributed by atoms with van der Waals surface area (Å²) in [7, 11) is 0. The van der Waals surface area contributed by atoms with Gasteiger partial charge in [-0.2, -0.15) is 0 Å². The van der Waals surface area contributed by atoms with Gasteiger partial charge in [-0.25, -0.2) is 9.97 Å². The summed E-state index contributed by atoms with van der Waals surface area (Å²) in [5.41, 5.74) is 1.85. The van der Waals surface area contributed by atoms with Crippen LogP contribution >= 0.6 is 0 Å². The van der Waals surface area contributed by atoms with Crippen molar-refractivity contribution in [1.29, 1.82) is 0 Å². The molecule has 1 N–H and O–H groups in total. The van der Waals surface area contributed by atoms with E-state index in [0.717, 1.165) is 29.4 Å². The first kappa shape index (κ1) is 12.4. The molecular formula is C14H17N3O. The summed E-state index contributed by atoms with van der Waals surface area (Å²) in [6, 6.07) is 9.75. The summed E-state index contributed by atoms with van der Waals surface area (Å²) in [5.74, 6) is 1.62. The fourth-order valence-electron chi connectivity index (χ4n) is 1.57. The van der Waals surface area contributed by atoms with Crippen molar-refractivity contribution < 1.29 is 4.74 Å². The Morgan fingerprint density at radius 3 is 2.83 bits per heavy atom. The summed E-state index contributed by atoms with van der Waals surface area (Å²) < 4.78 is 5.68. The average Bonchev–Trinajstić information content (AvgIpc) is 2.38. The minimum Gasteiger partial charge on any atom is -0.491 e. The predicted molar refractivity (Wildman–Crippen MR) is 72.3 cm³/mol. The molecule has 0 aliphatic carbocycles. The number of benzene rings is 1. The topological polar surface area (TPSA) is 47.0 Å². The van der Waals surface area contributed by atoms with Gasteiger partial charge in [0.05, 0.1) is 12.3 Å². The molecule has 0 saturated carbocycles. The normalized spacial score (nSPS) is 10.1. The van der Waals surface area contributed by atoms with Crippen LogP contribution in [0.3, 0.4) is 0 Å². The van der Waals surface area contributed by atoms with E-state index in [0.29, 0.717) is 6.61 Å². The molecule has 94 valence electrons. The number of rotatable bonds is 5.